The van der Waals surface area contributed by atoms with Crippen molar-refractivity contribution in [3.05, 3.63) is 53.1 Å². The Bertz CT molecular complexity index is 1040. The summed E-state index contributed by atoms with van der Waals surface area (Å²) in [5, 5.41) is 3.02. The molecule has 3 unspecified atom stereocenters. The normalized spacial score (nSPS) is 23.5. The highest BCUT2D eigenvalue weighted by molar-refractivity contribution is 6.05. The molecule has 1 saturated carbocycles. The molecule has 1 N–H and O–H groups in total. The van der Waals surface area contributed by atoms with Crippen LogP contribution in [-0.2, 0) is 14.4 Å². The van der Waals surface area contributed by atoms with Crippen LogP contribution in [0.3, 0.4) is 0 Å². The summed E-state index contributed by atoms with van der Waals surface area (Å²) in [6, 6.07) is 12.4. The van der Waals surface area contributed by atoms with Crippen LogP contribution >= 0.6 is 0 Å². The van der Waals surface area contributed by atoms with Gasteiger partial charge in [-0.2, -0.15) is 0 Å². The van der Waals surface area contributed by atoms with Crippen LogP contribution in [0.2, 0.25) is 0 Å². The minimum atomic E-state index is -0.347. The number of aryl methyl sites for hydroxylation is 3. The van der Waals surface area contributed by atoms with E-state index in [1.807, 2.05) is 25.1 Å². The molecule has 1 saturated heterocycles. The lowest BCUT2D eigenvalue weighted by molar-refractivity contribution is -0.138. The topological polar surface area (TPSA) is 66.5 Å². The monoisotopic (exact) mass is 404 g/mol. The molecule has 30 heavy (non-hydrogen) atoms. The Balaban J connectivity index is 1.47. The van der Waals surface area contributed by atoms with E-state index in [9.17, 15) is 14.4 Å². The quantitative estimate of drug-likeness (QED) is 0.778. The van der Waals surface area contributed by atoms with Crippen molar-refractivity contribution >= 4 is 23.4 Å². The molecule has 3 atom stereocenters. The Kier molecular flexibility index (Phi) is 5.22. The molecule has 0 radical (unpaired) electrons. The maximum absolute atomic E-state index is 12.9. The van der Waals surface area contributed by atoms with E-state index >= 15 is 0 Å². The van der Waals surface area contributed by atoms with Crippen LogP contribution in [0.25, 0.3) is 11.1 Å². The largest absolute Gasteiger partial charge is 0.326 e. The molecule has 0 bridgehead atoms. The fourth-order valence-electron chi connectivity index (χ4n) is 4.99. The van der Waals surface area contributed by atoms with Crippen LogP contribution < -0.4 is 5.32 Å². The molecule has 156 valence electrons. The van der Waals surface area contributed by atoms with E-state index in [4.69, 9.17) is 0 Å². The maximum Gasteiger partial charge on any atom is 0.232 e. The summed E-state index contributed by atoms with van der Waals surface area (Å²) in [5.74, 6) is -1.14. The van der Waals surface area contributed by atoms with Gasteiger partial charge in [0.1, 0.15) is 0 Å². The molecular weight excluding hydrogens is 376 g/mol. The molecule has 2 aliphatic rings. The molecule has 1 heterocycles. The number of nitrogens with one attached hydrogen (secondary N) is 1. The number of hydrogen-bond donors (Lipinski definition) is 1. The first-order valence-electron chi connectivity index (χ1n) is 10.6. The minimum absolute atomic E-state index is 0.0677. The van der Waals surface area contributed by atoms with Crippen molar-refractivity contribution in [2.24, 2.45) is 17.8 Å². The molecule has 5 nitrogen and oxygen atoms in total. The zero-order valence-corrected chi connectivity index (χ0v) is 18.0. The Morgan fingerprint density at radius 2 is 1.53 bits per heavy atom. The lowest BCUT2D eigenvalue weighted by Crippen LogP contribution is -2.33. The van der Waals surface area contributed by atoms with E-state index in [2.05, 4.69) is 37.4 Å². The van der Waals surface area contributed by atoms with Crippen molar-refractivity contribution in [1.82, 2.24) is 4.90 Å². The van der Waals surface area contributed by atoms with Crippen molar-refractivity contribution < 1.29 is 14.4 Å². The predicted octanol–water partition coefficient (Wildman–Crippen LogP) is 4.25. The number of rotatable bonds is 3. The molecule has 1 aliphatic heterocycles. The molecule has 1 aliphatic carbocycles. The highest BCUT2D eigenvalue weighted by Crippen LogP contribution is 2.40. The zero-order chi connectivity index (χ0) is 21.6. The van der Waals surface area contributed by atoms with Gasteiger partial charge in [-0.3, -0.25) is 19.3 Å². The van der Waals surface area contributed by atoms with E-state index in [1.54, 1.807) is 0 Å². The average molecular weight is 405 g/mol. The van der Waals surface area contributed by atoms with Gasteiger partial charge < -0.3 is 5.32 Å². The van der Waals surface area contributed by atoms with Crippen LogP contribution in [0.15, 0.2) is 36.4 Å². The van der Waals surface area contributed by atoms with Crippen LogP contribution in [0.4, 0.5) is 5.69 Å². The number of carbonyl (C=O) groups excluding carboxylic acids is 3. The number of nitrogens with zero attached hydrogens (tertiary/aromatic N) is 1. The number of benzene rings is 2. The molecule has 4 rings (SSSR count). The van der Waals surface area contributed by atoms with Crippen molar-refractivity contribution in [3.8, 4) is 11.1 Å². The number of carbonyl (C=O) groups is 3. The van der Waals surface area contributed by atoms with E-state index in [1.165, 1.54) is 28.6 Å². The Hall–Kier alpha value is -2.95. The van der Waals surface area contributed by atoms with E-state index in [-0.39, 0.29) is 35.5 Å². The summed E-state index contributed by atoms with van der Waals surface area (Å²) < 4.78 is 0. The highest BCUT2D eigenvalue weighted by atomic mass is 16.2. The van der Waals surface area contributed by atoms with Gasteiger partial charge in [0.15, 0.2) is 0 Å². The van der Waals surface area contributed by atoms with Crippen molar-refractivity contribution in [2.75, 3.05) is 12.4 Å². The lowest BCUT2D eigenvalue weighted by Gasteiger charge is -2.28. The third-order valence-corrected chi connectivity index (χ3v) is 6.68. The molecule has 0 aromatic heterocycles. The van der Waals surface area contributed by atoms with E-state index in [0.29, 0.717) is 19.3 Å². The summed E-state index contributed by atoms with van der Waals surface area (Å²) in [6.07, 6.45) is 1.69. The number of fused-ring (bicyclic) bond motifs is 1. The first-order valence-corrected chi connectivity index (χ1v) is 10.6. The second-order valence-corrected chi connectivity index (χ2v) is 8.80. The van der Waals surface area contributed by atoms with Crippen LogP contribution in [0.1, 0.15) is 36.0 Å². The fraction of sp³-hybridized carbons (Fsp3) is 0.400. The molecule has 2 aromatic carbocycles. The third kappa shape index (κ3) is 3.53. The third-order valence-electron chi connectivity index (χ3n) is 6.68. The average Bonchev–Trinajstić information content (AvgIpc) is 2.92. The molecule has 2 aromatic rings. The summed E-state index contributed by atoms with van der Waals surface area (Å²) in [7, 11) is 1.54. The number of imide groups is 1. The maximum atomic E-state index is 12.9. The molecular formula is C25H28N2O3. The van der Waals surface area contributed by atoms with E-state index in [0.717, 1.165) is 16.8 Å². The van der Waals surface area contributed by atoms with Gasteiger partial charge in [-0.25, -0.2) is 0 Å². The summed E-state index contributed by atoms with van der Waals surface area (Å²) in [6.45, 7) is 6.25. The van der Waals surface area contributed by atoms with Crippen LogP contribution in [0, 0.1) is 38.5 Å². The van der Waals surface area contributed by atoms with Crippen molar-refractivity contribution in [2.45, 2.75) is 40.0 Å². The first-order chi connectivity index (χ1) is 14.3. The second kappa shape index (κ2) is 7.71. The minimum Gasteiger partial charge on any atom is -0.326 e. The van der Waals surface area contributed by atoms with Gasteiger partial charge in [0.05, 0.1) is 11.8 Å². The number of hydrogen-bond acceptors (Lipinski definition) is 3. The first kappa shape index (κ1) is 20.3. The molecule has 5 heteroatoms. The standard InChI is InChI=1S/C25H28N2O3/c1-14-5-8-19(15(2)11-14)20-10-7-18(12-16(20)3)26-23(28)17-6-9-21-22(13-17)25(30)27(4)24(21)29/h5,7-8,10-12,17,21-22H,6,9,13H2,1-4H3,(H,26,28). The predicted molar refractivity (Wildman–Crippen MR) is 117 cm³/mol. The molecule has 2 fully saturated rings. The van der Waals surface area contributed by atoms with Gasteiger partial charge in [-0.15, -0.1) is 0 Å². The van der Waals surface area contributed by atoms with Gasteiger partial charge in [0, 0.05) is 18.7 Å². The van der Waals surface area contributed by atoms with Crippen molar-refractivity contribution in [3.63, 3.8) is 0 Å². The van der Waals surface area contributed by atoms with Gasteiger partial charge in [-0.05, 0) is 74.4 Å². The Labute approximate surface area is 177 Å². The van der Waals surface area contributed by atoms with Crippen molar-refractivity contribution in [1.29, 1.82) is 0 Å². The number of likely N-dealkylation sites (tertiary alicyclic amines) is 1. The lowest BCUT2D eigenvalue weighted by atomic mass is 9.75. The SMILES string of the molecule is Cc1ccc(-c2ccc(NC(=O)C3CCC4C(=O)N(C)C(=O)C4C3)cc2C)c(C)c1. The Morgan fingerprint density at radius 1 is 0.900 bits per heavy atom. The van der Waals surface area contributed by atoms with Crippen LogP contribution in [0.5, 0.6) is 0 Å². The summed E-state index contributed by atoms with van der Waals surface area (Å²) in [4.78, 5) is 38.6. The van der Waals surface area contributed by atoms with Gasteiger partial charge in [0.25, 0.3) is 0 Å². The fourth-order valence-corrected chi connectivity index (χ4v) is 4.99. The van der Waals surface area contributed by atoms with Crippen LogP contribution in [-0.4, -0.2) is 29.7 Å². The van der Waals surface area contributed by atoms with Gasteiger partial charge in [0.2, 0.25) is 17.7 Å². The van der Waals surface area contributed by atoms with E-state index < -0.39 is 0 Å². The molecule has 0 spiro atoms. The zero-order valence-electron chi connectivity index (χ0n) is 18.0. The smallest absolute Gasteiger partial charge is 0.232 e. The number of anilines is 1. The summed E-state index contributed by atoms with van der Waals surface area (Å²) >= 11 is 0. The molecule has 3 amide bonds. The van der Waals surface area contributed by atoms with Gasteiger partial charge >= 0.3 is 0 Å². The summed E-state index contributed by atoms with van der Waals surface area (Å²) in [5.41, 5.74) is 6.68. The second-order valence-electron chi connectivity index (χ2n) is 8.80. The van der Waals surface area contributed by atoms with Gasteiger partial charge in [-0.1, -0.05) is 29.8 Å². The Morgan fingerprint density at radius 3 is 2.20 bits per heavy atom. The highest BCUT2D eigenvalue weighted by Gasteiger charge is 2.49. The number of amides is 3.